The number of amides is 1. The van der Waals surface area contributed by atoms with E-state index in [1.54, 1.807) is 42.7 Å². The number of anilines is 1. The number of halogens is 2. The number of furan rings is 1. The molecule has 2 aromatic carbocycles. The average molecular weight is 358 g/mol. The van der Waals surface area contributed by atoms with Gasteiger partial charge in [-0.1, -0.05) is 53.5 Å². The smallest absolute Gasteiger partial charge is 0.256 e. The molecule has 1 aromatic heterocycles. The number of hydrogen-bond donors (Lipinski definition) is 1. The minimum absolute atomic E-state index is 0.268. The van der Waals surface area contributed by atoms with E-state index >= 15 is 0 Å². The third-order valence-corrected chi connectivity index (χ3v) is 4.08. The zero-order valence-electron chi connectivity index (χ0n) is 12.5. The van der Waals surface area contributed by atoms with Crippen LogP contribution in [0.4, 0.5) is 5.69 Å². The van der Waals surface area contributed by atoms with Crippen LogP contribution in [0, 0.1) is 0 Å². The Balaban J connectivity index is 1.93. The second kappa shape index (κ2) is 7.39. The highest BCUT2D eigenvalue weighted by molar-refractivity contribution is 6.42. The van der Waals surface area contributed by atoms with Gasteiger partial charge in [0, 0.05) is 5.69 Å². The Labute approximate surface area is 149 Å². The van der Waals surface area contributed by atoms with E-state index in [9.17, 15) is 4.79 Å². The highest BCUT2D eigenvalue weighted by Gasteiger charge is 2.13. The van der Waals surface area contributed by atoms with Gasteiger partial charge in [-0.2, -0.15) is 0 Å². The summed E-state index contributed by atoms with van der Waals surface area (Å²) in [6.07, 6.45) is 3.26. The molecule has 1 amide bonds. The molecule has 0 aliphatic heterocycles. The van der Waals surface area contributed by atoms with Crippen LogP contribution in [0.25, 0.3) is 11.6 Å². The summed E-state index contributed by atoms with van der Waals surface area (Å²) >= 11 is 11.9. The zero-order chi connectivity index (χ0) is 16.9. The Morgan fingerprint density at radius 2 is 1.75 bits per heavy atom. The first kappa shape index (κ1) is 16.4. The molecule has 0 unspecified atom stereocenters. The van der Waals surface area contributed by atoms with E-state index < -0.39 is 0 Å². The minimum Gasteiger partial charge on any atom is -0.465 e. The van der Waals surface area contributed by atoms with Gasteiger partial charge in [0.2, 0.25) is 0 Å². The zero-order valence-corrected chi connectivity index (χ0v) is 14.0. The molecular weight excluding hydrogens is 345 g/mol. The molecule has 1 N–H and O–H groups in total. The number of benzene rings is 2. The molecule has 120 valence electrons. The van der Waals surface area contributed by atoms with Crippen LogP contribution >= 0.6 is 23.2 Å². The summed E-state index contributed by atoms with van der Waals surface area (Å²) in [5.41, 5.74) is 1.83. The molecule has 0 spiro atoms. The Bertz CT molecular complexity index is 872. The SMILES string of the molecule is O=C(Nc1ccc(Cl)c(Cl)c1)/C(=C/c1ccco1)c1ccccc1. The van der Waals surface area contributed by atoms with Gasteiger partial charge in [0.25, 0.3) is 5.91 Å². The molecule has 1 heterocycles. The number of nitrogens with one attached hydrogen (secondary N) is 1. The third-order valence-electron chi connectivity index (χ3n) is 3.34. The molecule has 0 radical (unpaired) electrons. The van der Waals surface area contributed by atoms with Crippen LogP contribution in [-0.2, 0) is 4.79 Å². The van der Waals surface area contributed by atoms with Crippen molar-refractivity contribution in [1.82, 2.24) is 0 Å². The second-order valence-electron chi connectivity index (χ2n) is 5.02. The number of hydrogen-bond acceptors (Lipinski definition) is 2. The maximum absolute atomic E-state index is 12.7. The highest BCUT2D eigenvalue weighted by Crippen LogP contribution is 2.26. The van der Waals surface area contributed by atoms with Crippen LogP contribution in [-0.4, -0.2) is 5.91 Å². The fraction of sp³-hybridized carbons (Fsp3) is 0. The first-order chi connectivity index (χ1) is 11.6. The molecule has 3 aromatic rings. The second-order valence-corrected chi connectivity index (χ2v) is 5.84. The van der Waals surface area contributed by atoms with Crippen LogP contribution in [0.1, 0.15) is 11.3 Å². The van der Waals surface area contributed by atoms with Crippen molar-refractivity contribution in [3.05, 3.63) is 88.3 Å². The summed E-state index contributed by atoms with van der Waals surface area (Å²) in [5.74, 6) is 0.328. The average Bonchev–Trinajstić information content (AvgIpc) is 3.10. The molecule has 0 saturated heterocycles. The molecule has 3 rings (SSSR count). The van der Waals surface area contributed by atoms with Gasteiger partial charge in [-0.05, 0) is 42.0 Å². The van der Waals surface area contributed by atoms with Gasteiger partial charge in [0.15, 0.2) is 0 Å². The monoisotopic (exact) mass is 357 g/mol. The standard InChI is InChI=1S/C19H13Cl2NO2/c20-17-9-8-14(11-18(17)21)22-19(23)16(12-15-7-4-10-24-15)13-5-2-1-3-6-13/h1-12H,(H,22,23)/b16-12+. The molecule has 0 fully saturated rings. The van der Waals surface area contributed by atoms with Crippen molar-refractivity contribution in [2.75, 3.05) is 5.32 Å². The molecule has 0 bridgehead atoms. The van der Waals surface area contributed by atoms with Crippen molar-refractivity contribution in [2.45, 2.75) is 0 Å². The molecule has 0 aliphatic carbocycles. The Hall–Kier alpha value is -2.49. The van der Waals surface area contributed by atoms with Gasteiger partial charge in [-0.15, -0.1) is 0 Å². The van der Waals surface area contributed by atoms with Crippen LogP contribution in [0.15, 0.2) is 71.3 Å². The van der Waals surface area contributed by atoms with E-state index in [1.165, 1.54) is 0 Å². The third kappa shape index (κ3) is 3.88. The molecule has 5 heteroatoms. The Morgan fingerprint density at radius 3 is 2.42 bits per heavy atom. The van der Waals surface area contributed by atoms with Gasteiger partial charge in [-0.3, -0.25) is 4.79 Å². The van der Waals surface area contributed by atoms with E-state index in [-0.39, 0.29) is 5.91 Å². The maximum Gasteiger partial charge on any atom is 0.256 e. The van der Waals surface area contributed by atoms with E-state index in [4.69, 9.17) is 27.6 Å². The minimum atomic E-state index is -0.268. The van der Waals surface area contributed by atoms with Crippen LogP contribution in [0.5, 0.6) is 0 Å². The van der Waals surface area contributed by atoms with Crippen molar-refractivity contribution < 1.29 is 9.21 Å². The van der Waals surface area contributed by atoms with Gasteiger partial charge in [0.05, 0.1) is 21.9 Å². The maximum atomic E-state index is 12.7. The first-order valence-corrected chi connectivity index (χ1v) is 7.96. The summed E-state index contributed by atoms with van der Waals surface area (Å²) < 4.78 is 5.33. The summed E-state index contributed by atoms with van der Waals surface area (Å²) in [7, 11) is 0. The van der Waals surface area contributed by atoms with E-state index in [0.29, 0.717) is 27.1 Å². The molecule has 0 saturated carbocycles. The summed E-state index contributed by atoms with van der Waals surface area (Å²) in [6, 6.07) is 17.9. The fourth-order valence-corrected chi connectivity index (χ4v) is 2.48. The molecular formula is C19H13Cl2NO2. The van der Waals surface area contributed by atoms with E-state index in [0.717, 1.165) is 5.56 Å². The predicted molar refractivity (Wildman–Crippen MR) is 98.1 cm³/mol. The van der Waals surface area contributed by atoms with Crippen molar-refractivity contribution in [2.24, 2.45) is 0 Å². The van der Waals surface area contributed by atoms with Crippen LogP contribution < -0.4 is 5.32 Å². The predicted octanol–water partition coefficient (Wildman–Crippen LogP) is 5.77. The van der Waals surface area contributed by atoms with Gasteiger partial charge in [-0.25, -0.2) is 0 Å². The first-order valence-electron chi connectivity index (χ1n) is 7.20. The fourth-order valence-electron chi connectivity index (χ4n) is 2.19. The van der Waals surface area contributed by atoms with E-state index in [2.05, 4.69) is 5.32 Å². The van der Waals surface area contributed by atoms with Crippen molar-refractivity contribution in [1.29, 1.82) is 0 Å². The lowest BCUT2D eigenvalue weighted by molar-refractivity contribution is -0.111. The normalized spacial score (nSPS) is 11.3. The lowest BCUT2D eigenvalue weighted by atomic mass is 10.0. The van der Waals surface area contributed by atoms with Gasteiger partial charge >= 0.3 is 0 Å². The van der Waals surface area contributed by atoms with Gasteiger partial charge in [0.1, 0.15) is 5.76 Å². The quantitative estimate of drug-likeness (QED) is 0.602. The highest BCUT2D eigenvalue weighted by atomic mass is 35.5. The number of rotatable bonds is 4. The lowest BCUT2D eigenvalue weighted by Crippen LogP contribution is -2.13. The largest absolute Gasteiger partial charge is 0.465 e. The summed E-state index contributed by atoms with van der Waals surface area (Å²) in [6.45, 7) is 0. The van der Waals surface area contributed by atoms with E-state index in [1.807, 2.05) is 30.3 Å². The molecule has 3 nitrogen and oxygen atoms in total. The number of carbonyl (C=O) groups excluding carboxylic acids is 1. The van der Waals surface area contributed by atoms with Crippen molar-refractivity contribution >= 4 is 46.4 Å². The lowest BCUT2D eigenvalue weighted by Gasteiger charge is -2.10. The number of carbonyl (C=O) groups is 1. The van der Waals surface area contributed by atoms with Crippen molar-refractivity contribution in [3.8, 4) is 0 Å². The molecule has 0 atom stereocenters. The summed E-state index contributed by atoms with van der Waals surface area (Å²) in [5, 5.41) is 3.64. The van der Waals surface area contributed by atoms with Crippen LogP contribution in [0.2, 0.25) is 10.0 Å². The summed E-state index contributed by atoms with van der Waals surface area (Å²) in [4.78, 5) is 12.7. The Kier molecular flexibility index (Phi) is 5.04. The van der Waals surface area contributed by atoms with Crippen molar-refractivity contribution in [3.63, 3.8) is 0 Å². The molecule has 0 aliphatic rings. The topological polar surface area (TPSA) is 42.2 Å². The van der Waals surface area contributed by atoms with Crippen LogP contribution in [0.3, 0.4) is 0 Å². The van der Waals surface area contributed by atoms with Gasteiger partial charge < -0.3 is 9.73 Å². The molecule has 24 heavy (non-hydrogen) atoms. The Morgan fingerprint density at radius 1 is 0.958 bits per heavy atom.